The van der Waals surface area contributed by atoms with E-state index in [2.05, 4.69) is 62.8 Å². The fraction of sp³-hybridized carbons (Fsp3) is 0.210. The Labute approximate surface area is 432 Å². The van der Waals surface area contributed by atoms with Gasteiger partial charge in [0.05, 0.1) is 33.5 Å². The van der Waals surface area contributed by atoms with Crippen LogP contribution in [-0.4, -0.2) is 14.5 Å². The minimum Gasteiger partial charge on any atom is -0.665 e. The summed E-state index contributed by atoms with van der Waals surface area (Å²) in [5, 5.41) is 0. The molecule has 2 heterocycles. The molecule has 0 unspecified atom stereocenters. The van der Waals surface area contributed by atoms with Crippen LogP contribution in [0.3, 0.4) is 0 Å². The first-order valence-corrected chi connectivity index (χ1v) is 21.8. The second-order valence-corrected chi connectivity index (χ2v) is 18.1. The Kier molecular flexibility index (Phi) is 9.05. The smallest absolute Gasteiger partial charge is 0.665 e. The molecule has 9 aromatic rings. The van der Waals surface area contributed by atoms with E-state index < -0.39 is 67.0 Å². The van der Waals surface area contributed by atoms with Crippen molar-refractivity contribution in [3.8, 4) is 78.6 Å². The van der Waals surface area contributed by atoms with Crippen LogP contribution in [0.5, 0.6) is 5.75 Å². The standard InChI is InChI=1S/C62H59N3O.Pt/c1-39(2)51-37-53(44-21-16-13-17-22-44)57(38-52(51)43-19-14-12-15-20-43)65-56-24-18-23-50(58(56)64-60(65)54-32-40(3)31-41(4)59(54)66-11)46-33-47(35-49(34-46)62(8,9)10)55-36-45(29-30-63-55)42-25-27-48(28-26-42)61(5,6)7;/h12-32,34-39H,11H2,1-10H3;/q-2;+2/i5D3,6D3,7D3,25D,26D,27D,28D,39D;. The number of para-hydroxylation sites is 1. The topological polar surface area (TPSA) is 39.9 Å². The van der Waals surface area contributed by atoms with Gasteiger partial charge in [-0.25, -0.2) is 4.98 Å². The molecule has 0 aliphatic rings. The summed E-state index contributed by atoms with van der Waals surface area (Å²) in [4.78, 5) is 10.3. The fourth-order valence-corrected chi connectivity index (χ4v) is 8.61. The van der Waals surface area contributed by atoms with Crippen molar-refractivity contribution in [2.45, 2.75) is 85.7 Å². The summed E-state index contributed by atoms with van der Waals surface area (Å²) in [5.41, 5.74) is 6.46. The summed E-state index contributed by atoms with van der Waals surface area (Å²) in [6, 6.07) is 41.1. The Morgan fingerprint density at radius 2 is 1.34 bits per heavy atom. The number of pyridine rings is 1. The van der Waals surface area contributed by atoms with Crippen LogP contribution in [0, 0.1) is 27.0 Å². The molecule has 0 amide bonds. The maximum absolute atomic E-state index is 9.48. The largest absolute Gasteiger partial charge is 2.00 e. The van der Waals surface area contributed by atoms with Gasteiger partial charge in [0.25, 0.3) is 0 Å². The first kappa shape index (κ1) is 32.4. The van der Waals surface area contributed by atoms with E-state index in [1.807, 2.05) is 119 Å². The summed E-state index contributed by atoms with van der Waals surface area (Å²) in [5.74, 6) is 0.0969. The number of fused-ring (bicyclic) bond motifs is 1. The second-order valence-electron chi connectivity index (χ2n) is 18.1. The number of hydrogen-bond acceptors (Lipinski definition) is 3. The van der Waals surface area contributed by atoms with Gasteiger partial charge in [0.1, 0.15) is 5.82 Å². The number of imidazole rings is 1. The first-order chi connectivity index (χ1) is 37.3. The predicted molar refractivity (Wildman–Crippen MR) is 277 cm³/mol. The van der Waals surface area contributed by atoms with Crippen molar-refractivity contribution in [2.24, 2.45) is 0 Å². The molecule has 0 bridgehead atoms. The van der Waals surface area contributed by atoms with Crippen molar-refractivity contribution >= 4 is 11.0 Å². The van der Waals surface area contributed by atoms with Crippen molar-refractivity contribution in [3.63, 3.8) is 0 Å². The molecule has 0 fully saturated rings. The fourth-order valence-electron chi connectivity index (χ4n) is 8.61. The summed E-state index contributed by atoms with van der Waals surface area (Å²) >= 11 is 0. The summed E-state index contributed by atoms with van der Waals surface area (Å²) in [6.45, 7) is 2.50. The number of aryl methyl sites for hydroxylation is 2. The number of benzene rings is 7. The van der Waals surface area contributed by atoms with Crippen LogP contribution in [0.1, 0.15) is 108 Å². The molecular formula is C62H59N3OPt. The Morgan fingerprint density at radius 3 is 1.99 bits per heavy atom. The Hall–Kier alpha value is -6.35. The van der Waals surface area contributed by atoms with E-state index in [9.17, 15) is 1.37 Å². The minimum atomic E-state index is -3.82. The van der Waals surface area contributed by atoms with Gasteiger partial charge < -0.3 is 4.74 Å². The zero-order chi connectivity index (χ0) is 58.4. The van der Waals surface area contributed by atoms with Gasteiger partial charge in [-0.1, -0.05) is 175 Å². The molecule has 0 atom stereocenters. The quantitative estimate of drug-likeness (QED) is 0.135. The number of rotatable bonds is 9. The molecule has 0 spiro atoms. The third-order valence-electron chi connectivity index (χ3n) is 11.9. The molecule has 2 aromatic heterocycles. The van der Waals surface area contributed by atoms with E-state index in [4.69, 9.17) is 32.5 Å². The normalized spacial score (nSPS) is 15.6. The van der Waals surface area contributed by atoms with Gasteiger partial charge >= 0.3 is 21.1 Å². The van der Waals surface area contributed by atoms with E-state index in [1.165, 1.54) is 12.3 Å². The van der Waals surface area contributed by atoms with Crippen LogP contribution in [0.25, 0.3) is 83.9 Å². The maximum Gasteiger partial charge on any atom is 2.00 e. The van der Waals surface area contributed by atoms with Crippen LogP contribution in [-0.2, 0) is 31.9 Å². The van der Waals surface area contributed by atoms with E-state index in [-0.39, 0.29) is 32.2 Å². The van der Waals surface area contributed by atoms with E-state index in [0.29, 0.717) is 45.0 Å². The number of hydrogen-bond donors (Lipinski definition) is 0. The van der Waals surface area contributed by atoms with Crippen LogP contribution in [0.15, 0.2) is 158 Å². The molecule has 5 heteroatoms. The zero-order valence-electron chi connectivity index (χ0n) is 52.5. The van der Waals surface area contributed by atoms with E-state index in [1.54, 1.807) is 6.07 Å². The predicted octanol–water partition coefficient (Wildman–Crippen LogP) is 16.7. The minimum absolute atomic E-state index is 0. The SMILES string of the molecule is [2H]c1c([2H])c(C(C([2H])([2H])[2H])(C([2H])([2H])[2H])C([2H])([2H])[2H])c([2H])c([2H])c1-c1ccnc(-c2[c-]c(-c3cccc4c3nc(-c3cc(C)cc(C)c3O[CH2-])n4-c3cc(-c4ccccc4)c(C([2H])(C)C)cc3-c3ccccc3)cc(C(C)(C)C)c2)c1.[Pt+2]. The molecule has 0 radical (unpaired) electrons. The molecule has 9 rings (SSSR count). The van der Waals surface area contributed by atoms with Crippen LogP contribution in [0.4, 0.5) is 0 Å². The zero-order valence-corrected chi connectivity index (χ0v) is 40.7. The molecule has 338 valence electrons. The van der Waals surface area contributed by atoms with Crippen molar-refractivity contribution in [3.05, 3.63) is 199 Å². The van der Waals surface area contributed by atoms with Crippen LogP contribution in [0.2, 0.25) is 0 Å². The average molecular weight is 1070 g/mol. The number of nitrogens with zero attached hydrogens (tertiary/aromatic N) is 3. The van der Waals surface area contributed by atoms with Crippen molar-refractivity contribution in [1.82, 2.24) is 14.5 Å². The summed E-state index contributed by atoms with van der Waals surface area (Å²) in [6.07, 6.45) is 1.42. The maximum atomic E-state index is 9.48. The molecule has 0 N–H and O–H groups in total. The number of aromatic nitrogens is 3. The van der Waals surface area contributed by atoms with E-state index >= 15 is 0 Å². The Balaban J connectivity index is 0.00000860. The number of ether oxygens (including phenoxy) is 1. The van der Waals surface area contributed by atoms with E-state index in [0.717, 1.165) is 55.7 Å². The molecule has 7 aromatic carbocycles. The van der Waals surface area contributed by atoms with Crippen molar-refractivity contribution in [1.29, 1.82) is 0 Å². The average Bonchev–Trinajstić information content (AvgIpc) is 3.21. The molecular weight excluding hydrogens is 998 g/mol. The van der Waals surface area contributed by atoms with Gasteiger partial charge in [-0.3, -0.25) is 9.55 Å². The molecule has 4 nitrogen and oxygen atoms in total. The molecule has 0 saturated heterocycles. The third-order valence-corrected chi connectivity index (χ3v) is 11.9. The summed E-state index contributed by atoms with van der Waals surface area (Å²) < 4.78 is 128. The summed E-state index contributed by atoms with van der Waals surface area (Å²) in [7, 11) is 3.90. The Morgan fingerprint density at radius 1 is 0.672 bits per heavy atom. The Bertz CT molecular complexity index is 3810. The molecule has 0 aliphatic heterocycles. The molecule has 67 heavy (non-hydrogen) atoms. The first-order valence-electron chi connectivity index (χ1n) is 28.8. The van der Waals surface area contributed by atoms with Gasteiger partial charge in [0.15, 0.2) is 0 Å². The van der Waals surface area contributed by atoms with Crippen molar-refractivity contribution < 1.29 is 45.0 Å². The van der Waals surface area contributed by atoms with Gasteiger partial charge in [-0.05, 0) is 111 Å². The second kappa shape index (κ2) is 18.7. The van der Waals surface area contributed by atoms with Gasteiger partial charge in [0.2, 0.25) is 0 Å². The van der Waals surface area contributed by atoms with Gasteiger partial charge in [0, 0.05) is 31.2 Å². The van der Waals surface area contributed by atoms with Crippen LogP contribution >= 0.6 is 0 Å². The monoisotopic (exact) mass is 1070 g/mol. The molecule has 0 aliphatic carbocycles. The van der Waals surface area contributed by atoms with Crippen LogP contribution < -0.4 is 4.74 Å². The molecule has 0 saturated carbocycles. The third kappa shape index (κ3) is 9.34. The van der Waals surface area contributed by atoms with Crippen molar-refractivity contribution in [2.75, 3.05) is 0 Å². The van der Waals surface area contributed by atoms with Gasteiger partial charge in [-0.2, -0.15) is 7.11 Å². The van der Waals surface area contributed by atoms with Gasteiger partial charge in [-0.15, -0.1) is 29.3 Å².